The van der Waals surface area contributed by atoms with Crippen molar-refractivity contribution in [2.75, 3.05) is 0 Å². The van der Waals surface area contributed by atoms with Crippen LogP contribution in [0.25, 0.3) is 0 Å². The highest BCUT2D eigenvalue weighted by atomic mass is 19.1. The first-order valence-electron chi connectivity index (χ1n) is 5.06. The van der Waals surface area contributed by atoms with Gasteiger partial charge in [0.25, 0.3) is 0 Å². The number of hydrogen-bond acceptors (Lipinski definition) is 2. The first-order chi connectivity index (χ1) is 7.37. The van der Waals surface area contributed by atoms with E-state index in [1.807, 2.05) is 20.8 Å². The molecule has 0 bridgehead atoms. The molecule has 0 aliphatic heterocycles. The van der Waals surface area contributed by atoms with E-state index >= 15 is 0 Å². The third-order valence-electron chi connectivity index (χ3n) is 1.76. The van der Waals surface area contributed by atoms with E-state index in [1.54, 1.807) is 12.1 Å². The maximum absolute atomic E-state index is 12.6. The van der Waals surface area contributed by atoms with Crippen LogP contribution in [0.3, 0.4) is 0 Å². The predicted molar refractivity (Wildman–Crippen MR) is 59.5 cm³/mol. The van der Waals surface area contributed by atoms with Gasteiger partial charge in [0, 0.05) is 5.54 Å². The summed E-state index contributed by atoms with van der Waals surface area (Å²) in [6, 6.07) is 5.83. The van der Waals surface area contributed by atoms with Gasteiger partial charge in [-0.2, -0.15) is 0 Å². The minimum absolute atomic E-state index is 0.141. The molecule has 0 radical (unpaired) electrons. The van der Waals surface area contributed by atoms with E-state index in [0.29, 0.717) is 0 Å². The van der Waals surface area contributed by atoms with Gasteiger partial charge < -0.3 is 10.1 Å². The van der Waals surface area contributed by atoms with Crippen molar-refractivity contribution in [1.82, 2.24) is 5.32 Å². The number of alkyl carbamates (subject to hydrolysis) is 1. The van der Waals surface area contributed by atoms with Crippen molar-refractivity contribution in [2.24, 2.45) is 0 Å². The second kappa shape index (κ2) is 4.96. The topological polar surface area (TPSA) is 38.3 Å². The van der Waals surface area contributed by atoms with Gasteiger partial charge in [-0.3, -0.25) is 0 Å². The predicted octanol–water partition coefficient (Wildman–Crippen LogP) is 2.85. The van der Waals surface area contributed by atoms with Crippen LogP contribution >= 0.6 is 0 Å². The number of nitrogens with one attached hydrogen (secondary N) is 1. The average Bonchev–Trinajstić information content (AvgIpc) is 2.14. The lowest BCUT2D eigenvalue weighted by molar-refractivity contribution is 0.131. The number of benzene rings is 1. The molecule has 0 aliphatic rings. The van der Waals surface area contributed by atoms with Gasteiger partial charge in [0.1, 0.15) is 12.4 Å². The summed E-state index contributed by atoms with van der Waals surface area (Å²) in [4.78, 5) is 11.3. The quantitative estimate of drug-likeness (QED) is 0.840. The van der Waals surface area contributed by atoms with Gasteiger partial charge in [-0.15, -0.1) is 0 Å². The molecule has 0 saturated carbocycles. The molecule has 1 rings (SSSR count). The summed E-state index contributed by atoms with van der Waals surface area (Å²) >= 11 is 0. The Kier molecular flexibility index (Phi) is 3.88. The molecule has 0 saturated heterocycles. The molecule has 1 amide bonds. The lowest BCUT2D eigenvalue weighted by Crippen LogP contribution is -2.40. The number of halogens is 1. The smallest absolute Gasteiger partial charge is 0.407 e. The second-order valence-electron chi connectivity index (χ2n) is 4.58. The van der Waals surface area contributed by atoms with Gasteiger partial charge >= 0.3 is 6.09 Å². The van der Waals surface area contributed by atoms with Crippen LogP contribution in [0.2, 0.25) is 0 Å². The van der Waals surface area contributed by atoms with Crippen LogP contribution in [0.1, 0.15) is 26.3 Å². The van der Waals surface area contributed by atoms with E-state index in [1.165, 1.54) is 12.1 Å². The third kappa shape index (κ3) is 4.77. The molecule has 4 heteroatoms. The Morgan fingerprint density at radius 2 is 1.88 bits per heavy atom. The standard InChI is InChI=1S/C12H16FNO2/c1-12(2,3)14-11(15)16-8-9-4-6-10(13)7-5-9/h4-7H,8H2,1-3H3,(H,14,15). The zero-order chi connectivity index (χ0) is 12.2. The average molecular weight is 225 g/mol. The number of rotatable bonds is 2. The molecule has 1 N–H and O–H groups in total. The minimum Gasteiger partial charge on any atom is -0.445 e. The zero-order valence-electron chi connectivity index (χ0n) is 9.71. The molecule has 0 fully saturated rings. The van der Waals surface area contributed by atoms with Crippen LogP contribution in [0.5, 0.6) is 0 Å². The van der Waals surface area contributed by atoms with E-state index in [4.69, 9.17) is 4.74 Å². The van der Waals surface area contributed by atoms with E-state index in [0.717, 1.165) is 5.56 Å². The molecule has 1 aromatic rings. The van der Waals surface area contributed by atoms with E-state index < -0.39 is 6.09 Å². The highest BCUT2D eigenvalue weighted by Gasteiger charge is 2.14. The Bertz CT molecular complexity index is 354. The molecule has 0 aliphatic carbocycles. The van der Waals surface area contributed by atoms with E-state index in [-0.39, 0.29) is 18.0 Å². The van der Waals surface area contributed by atoms with Gasteiger partial charge in [-0.05, 0) is 38.5 Å². The Hall–Kier alpha value is -1.58. The van der Waals surface area contributed by atoms with Crippen molar-refractivity contribution in [1.29, 1.82) is 0 Å². The number of ether oxygens (including phenoxy) is 1. The Labute approximate surface area is 94.6 Å². The van der Waals surface area contributed by atoms with Crippen LogP contribution in [-0.2, 0) is 11.3 Å². The van der Waals surface area contributed by atoms with Crippen LogP contribution in [0, 0.1) is 5.82 Å². The summed E-state index contributed by atoms with van der Waals surface area (Å²) in [7, 11) is 0. The maximum atomic E-state index is 12.6. The summed E-state index contributed by atoms with van der Waals surface area (Å²) in [6.45, 7) is 5.74. The summed E-state index contributed by atoms with van der Waals surface area (Å²) in [6.07, 6.45) is -0.475. The number of carbonyl (C=O) groups is 1. The first-order valence-corrected chi connectivity index (χ1v) is 5.06. The Morgan fingerprint density at radius 1 is 1.31 bits per heavy atom. The van der Waals surface area contributed by atoms with Gasteiger partial charge in [0.05, 0.1) is 0 Å². The fourth-order valence-electron chi connectivity index (χ4n) is 1.07. The monoisotopic (exact) mass is 225 g/mol. The molecule has 0 unspecified atom stereocenters. The lowest BCUT2D eigenvalue weighted by atomic mass is 10.1. The summed E-state index contributed by atoms with van der Waals surface area (Å²) in [5, 5.41) is 2.67. The van der Waals surface area contributed by atoms with Crippen LogP contribution in [0.15, 0.2) is 24.3 Å². The summed E-state index contributed by atoms with van der Waals surface area (Å²) in [5.74, 6) is -0.303. The molecular weight excluding hydrogens is 209 g/mol. The molecule has 0 aromatic heterocycles. The SMILES string of the molecule is CC(C)(C)NC(=O)OCc1ccc(F)cc1. The van der Waals surface area contributed by atoms with Crippen molar-refractivity contribution in [3.63, 3.8) is 0 Å². The molecule has 3 nitrogen and oxygen atoms in total. The molecule has 0 heterocycles. The van der Waals surface area contributed by atoms with Crippen molar-refractivity contribution in [3.8, 4) is 0 Å². The van der Waals surface area contributed by atoms with Crippen LogP contribution < -0.4 is 5.32 Å². The molecular formula is C12H16FNO2. The van der Waals surface area contributed by atoms with Crippen molar-refractivity contribution >= 4 is 6.09 Å². The van der Waals surface area contributed by atoms with Gasteiger partial charge in [0.2, 0.25) is 0 Å². The normalized spacial score (nSPS) is 11.0. The molecule has 0 spiro atoms. The highest BCUT2D eigenvalue weighted by molar-refractivity contribution is 5.68. The first kappa shape index (κ1) is 12.5. The van der Waals surface area contributed by atoms with E-state index in [9.17, 15) is 9.18 Å². The second-order valence-corrected chi connectivity index (χ2v) is 4.58. The fourth-order valence-corrected chi connectivity index (χ4v) is 1.07. The number of hydrogen-bond donors (Lipinski definition) is 1. The molecule has 0 atom stereocenters. The minimum atomic E-state index is -0.475. The van der Waals surface area contributed by atoms with E-state index in [2.05, 4.69) is 5.32 Å². The highest BCUT2D eigenvalue weighted by Crippen LogP contribution is 2.05. The van der Waals surface area contributed by atoms with Crippen molar-refractivity contribution in [3.05, 3.63) is 35.6 Å². The Morgan fingerprint density at radius 3 is 2.38 bits per heavy atom. The Balaban J connectivity index is 2.40. The van der Waals surface area contributed by atoms with Gasteiger partial charge in [0.15, 0.2) is 0 Å². The number of carbonyl (C=O) groups excluding carboxylic acids is 1. The van der Waals surface area contributed by atoms with Gasteiger partial charge in [-0.25, -0.2) is 9.18 Å². The number of amides is 1. The molecule has 88 valence electrons. The van der Waals surface area contributed by atoms with Crippen LogP contribution in [0.4, 0.5) is 9.18 Å². The zero-order valence-corrected chi connectivity index (χ0v) is 9.71. The molecule has 1 aromatic carbocycles. The summed E-state index contributed by atoms with van der Waals surface area (Å²) in [5.41, 5.74) is 0.435. The third-order valence-corrected chi connectivity index (χ3v) is 1.76. The van der Waals surface area contributed by atoms with Crippen LogP contribution in [-0.4, -0.2) is 11.6 Å². The molecule has 16 heavy (non-hydrogen) atoms. The maximum Gasteiger partial charge on any atom is 0.407 e. The summed E-state index contributed by atoms with van der Waals surface area (Å²) < 4.78 is 17.6. The van der Waals surface area contributed by atoms with Crippen molar-refractivity contribution in [2.45, 2.75) is 32.9 Å². The van der Waals surface area contributed by atoms with Crippen molar-refractivity contribution < 1.29 is 13.9 Å². The lowest BCUT2D eigenvalue weighted by Gasteiger charge is -2.19. The largest absolute Gasteiger partial charge is 0.445 e. The van der Waals surface area contributed by atoms with Gasteiger partial charge in [-0.1, -0.05) is 12.1 Å². The fraction of sp³-hybridized carbons (Fsp3) is 0.417.